The first-order valence-electron chi connectivity index (χ1n) is 8.45. The van der Waals surface area contributed by atoms with Crippen molar-refractivity contribution in [2.24, 2.45) is 0 Å². The summed E-state index contributed by atoms with van der Waals surface area (Å²) in [5, 5.41) is 0.813. The van der Waals surface area contributed by atoms with Crippen molar-refractivity contribution >= 4 is 69.2 Å². The first-order chi connectivity index (χ1) is 13.0. The summed E-state index contributed by atoms with van der Waals surface area (Å²) in [4.78, 5) is 14.8. The Hall–Kier alpha value is -1.53. The van der Waals surface area contributed by atoms with Gasteiger partial charge in [0, 0.05) is 0 Å². The van der Waals surface area contributed by atoms with E-state index in [0.717, 1.165) is 24.2 Å². The van der Waals surface area contributed by atoms with Gasteiger partial charge in [-0.2, -0.15) is 0 Å². The third-order valence-corrected chi connectivity index (χ3v) is 5.94. The monoisotopic (exact) mass is 437 g/mol. The second-order valence-corrected chi connectivity index (χ2v) is 8.38. The number of nitrogens with zero attached hydrogens (tertiary/aromatic N) is 1. The van der Waals surface area contributed by atoms with E-state index in [1.54, 1.807) is 18.2 Å². The molecule has 1 heterocycles. The smallest absolute Gasteiger partial charge is 0.270 e. The highest BCUT2D eigenvalue weighted by atomic mass is 35.5. The van der Waals surface area contributed by atoms with Crippen LogP contribution in [0.1, 0.15) is 25.3 Å². The molecule has 0 atom stereocenters. The van der Waals surface area contributed by atoms with E-state index in [0.29, 0.717) is 31.6 Å². The molecular weight excluding hydrogens is 421 g/mol. The second kappa shape index (κ2) is 9.11. The summed E-state index contributed by atoms with van der Waals surface area (Å²) in [5.74, 6) is 0.649. The Bertz CT molecular complexity index is 897. The lowest BCUT2D eigenvalue weighted by molar-refractivity contribution is -0.113. The number of amides is 1. The zero-order valence-corrected chi connectivity index (χ0v) is 17.7. The molecule has 0 unspecified atom stereocenters. The molecule has 0 N–H and O–H groups in total. The molecule has 27 heavy (non-hydrogen) atoms. The Morgan fingerprint density at radius 3 is 2.56 bits per heavy atom. The molecule has 1 saturated heterocycles. The molecule has 0 bridgehead atoms. The third-order valence-electron chi connectivity index (χ3n) is 3.90. The van der Waals surface area contributed by atoms with E-state index in [1.807, 2.05) is 30.3 Å². The van der Waals surface area contributed by atoms with Crippen LogP contribution in [0.5, 0.6) is 5.75 Å². The van der Waals surface area contributed by atoms with E-state index in [9.17, 15) is 4.79 Å². The van der Waals surface area contributed by atoms with Crippen molar-refractivity contribution in [2.75, 3.05) is 11.5 Å². The summed E-state index contributed by atoms with van der Waals surface area (Å²) in [7, 11) is 0. The molecule has 0 spiro atoms. The van der Waals surface area contributed by atoms with Gasteiger partial charge in [0.25, 0.3) is 5.91 Å². The minimum atomic E-state index is -0.174. The van der Waals surface area contributed by atoms with Crippen molar-refractivity contribution in [3.05, 3.63) is 63.0 Å². The summed E-state index contributed by atoms with van der Waals surface area (Å²) in [6.45, 7) is 2.83. The Balaban J connectivity index is 1.76. The average molecular weight is 438 g/mol. The van der Waals surface area contributed by atoms with E-state index < -0.39 is 0 Å². The molecule has 1 amide bonds. The summed E-state index contributed by atoms with van der Waals surface area (Å²) in [6.07, 6.45) is 3.95. The van der Waals surface area contributed by atoms with E-state index in [4.69, 9.17) is 40.2 Å². The SMILES string of the molecule is CCCCOc1ccc(/C=C2/SC(=S)N(c3ccc(Cl)c(Cl)c3)C2=O)cc1. The van der Waals surface area contributed by atoms with Gasteiger partial charge in [-0.25, -0.2) is 0 Å². The molecular formula is C20H17Cl2NO2S2. The van der Waals surface area contributed by atoms with Crippen molar-refractivity contribution in [1.29, 1.82) is 0 Å². The Morgan fingerprint density at radius 1 is 1.15 bits per heavy atom. The fourth-order valence-electron chi connectivity index (χ4n) is 2.46. The standard InChI is InChI=1S/C20H17Cl2NO2S2/c1-2-3-10-25-15-7-4-13(5-8-15)11-18-19(24)23(20(26)27-18)14-6-9-16(21)17(22)12-14/h4-9,11-12H,2-3,10H2,1H3/b18-11+. The maximum absolute atomic E-state index is 12.8. The van der Waals surface area contributed by atoms with Crippen LogP contribution in [0.3, 0.4) is 0 Å². The summed E-state index contributed by atoms with van der Waals surface area (Å²) < 4.78 is 6.12. The van der Waals surface area contributed by atoms with Crippen molar-refractivity contribution in [2.45, 2.75) is 19.8 Å². The number of carbonyl (C=O) groups excluding carboxylic acids is 1. The van der Waals surface area contributed by atoms with E-state index in [-0.39, 0.29) is 5.91 Å². The van der Waals surface area contributed by atoms with Gasteiger partial charge in [0.1, 0.15) is 5.75 Å². The van der Waals surface area contributed by atoms with Crippen LogP contribution in [0.25, 0.3) is 6.08 Å². The summed E-state index contributed by atoms with van der Waals surface area (Å²) in [5.41, 5.74) is 1.52. The number of unbranched alkanes of at least 4 members (excludes halogenated alkanes) is 1. The maximum atomic E-state index is 12.8. The number of benzene rings is 2. The lowest BCUT2D eigenvalue weighted by Gasteiger charge is -2.15. The number of halogens is 2. The minimum absolute atomic E-state index is 0.174. The third kappa shape index (κ3) is 4.85. The zero-order chi connectivity index (χ0) is 19.4. The molecule has 7 heteroatoms. The van der Waals surface area contributed by atoms with Gasteiger partial charge in [-0.3, -0.25) is 9.69 Å². The quantitative estimate of drug-likeness (QED) is 0.290. The maximum Gasteiger partial charge on any atom is 0.270 e. The van der Waals surface area contributed by atoms with Gasteiger partial charge < -0.3 is 4.74 Å². The fraction of sp³-hybridized carbons (Fsp3) is 0.200. The van der Waals surface area contributed by atoms with Crippen LogP contribution in [0.2, 0.25) is 10.0 Å². The number of rotatable bonds is 6. The number of hydrogen-bond donors (Lipinski definition) is 0. The van der Waals surface area contributed by atoms with E-state index in [1.165, 1.54) is 16.7 Å². The number of thiocarbonyl (C=S) groups is 1. The van der Waals surface area contributed by atoms with E-state index >= 15 is 0 Å². The van der Waals surface area contributed by atoms with Crippen molar-refractivity contribution in [3.63, 3.8) is 0 Å². The molecule has 0 aromatic heterocycles. The fourth-order valence-corrected chi connectivity index (χ4v) is 4.05. The number of thioether (sulfide) groups is 1. The molecule has 1 aliphatic rings. The molecule has 3 rings (SSSR count). The van der Waals surface area contributed by atoms with Crippen molar-refractivity contribution < 1.29 is 9.53 Å². The van der Waals surface area contributed by atoms with Gasteiger partial charge >= 0.3 is 0 Å². The van der Waals surface area contributed by atoms with Gasteiger partial charge in [0.2, 0.25) is 0 Å². The Kier molecular flexibility index (Phi) is 6.82. The van der Waals surface area contributed by atoms with Crippen LogP contribution >= 0.6 is 47.2 Å². The molecule has 0 radical (unpaired) electrons. The number of anilines is 1. The van der Waals surface area contributed by atoms with E-state index in [2.05, 4.69) is 6.92 Å². The van der Waals surface area contributed by atoms with Crippen molar-refractivity contribution in [1.82, 2.24) is 0 Å². The predicted octanol–water partition coefficient (Wildman–Crippen LogP) is 6.58. The first kappa shape index (κ1) is 20.2. The highest BCUT2D eigenvalue weighted by molar-refractivity contribution is 8.27. The molecule has 3 nitrogen and oxygen atoms in total. The molecule has 1 fully saturated rings. The van der Waals surface area contributed by atoms with Crippen LogP contribution in [0, 0.1) is 0 Å². The minimum Gasteiger partial charge on any atom is -0.494 e. The molecule has 0 saturated carbocycles. The molecule has 140 valence electrons. The van der Waals surface area contributed by atoms with Crippen LogP contribution in [-0.4, -0.2) is 16.8 Å². The van der Waals surface area contributed by atoms with Crippen LogP contribution in [0.4, 0.5) is 5.69 Å². The Morgan fingerprint density at radius 2 is 1.89 bits per heavy atom. The predicted molar refractivity (Wildman–Crippen MR) is 119 cm³/mol. The summed E-state index contributed by atoms with van der Waals surface area (Å²) >= 11 is 18.7. The van der Waals surface area contributed by atoms with Gasteiger partial charge in [0.15, 0.2) is 4.32 Å². The van der Waals surface area contributed by atoms with Crippen LogP contribution in [-0.2, 0) is 4.79 Å². The lowest BCUT2D eigenvalue weighted by Crippen LogP contribution is -2.27. The zero-order valence-electron chi connectivity index (χ0n) is 14.6. The van der Waals surface area contributed by atoms with Gasteiger partial charge in [-0.05, 0) is 48.4 Å². The summed E-state index contributed by atoms with van der Waals surface area (Å²) in [6, 6.07) is 12.7. The average Bonchev–Trinajstić information content (AvgIpc) is 2.93. The second-order valence-electron chi connectivity index (χ2n) is 5.89. The molecule has 2 aromatic rings. The molecule has 1 aliphatic heterocycles. The highest BCUT2D eigenvalue weighted by Gasteiger charge is 2.33. The van der Waals surface area contributed by atoms with Crippen LogP contribution in [0.15, 0.2) is 47.4 Å². The molecule has 0 aliphatic carbocycles. The number of carbonyl (C=O) groups is 1. The van der Waals surface area contributed by atoms with Gasteiger partial charge in [-0.15, -0.1) is 0 Å². The Labute approximate surface area is 178 Å². The topological polar surface area (TPSA) is 29.5 Å². The normalized spacial score (nSPS) is 15.7. The largest absolute Gasteiger partial charge is 0.494 e. The lowest BCUT2D eigenvalue weighted by atomic mass is 10.2. The van der Waals surface area contributed by atoms with Gasteiger partial charge in [0.05, 0.1) is 27.2 Å². The first-order valence-corrected chi connectivity index (χ1v) is 10.4. The highest BCUT2D eigenvalue weighted by Crippen LogP contribution is 2.38. The van der Waals surface area contributed by atoms with Gasteiger partial charge in [-0.1, -0.05) is 72.7 Å². The number of ether oxygens (including phenoxy) is 1. The number of hydrogen-bond acceptors (Lipinski definition) is 4. The molecule has 2 aromatic carbocycles. The van der Waals surface area contributed by atoms with Crippen LogP contribution < -0.4 is 9.64 Å². The van der Waals surface area contributed by atoms with Crippen molar-refractivity contribution in [3.8, 4) is 5.75 Å².